The smallest absolute Gasteiger partial charge is 0.335 e. The zero-order valence-electron chi connectivity index (χ0n) is 7.64. The van der Waals surface area contributed by atoms with Gasteiger partial charge in [0.2, 0.25) is 0 Å². The standard InChI is InChI=1S/C8H14O5/c1-4-3-13-7(8(10)11)6(12-2)5(4)9/h4-7,9H,3H2,1-2H3,(H,10,11)/t4?,5-,6+,7?/m1/s1. The molecule has 2 unspecified atom stereocenters. The number of aliphatic carboxylic acids is 1. The highest BCUT2D eigenvalue weighted by molar-refractivity contribution is 5.73. The van der Waals surface area contributed by atoms with Crippen molar-refractivity contribution in [3.05, 3.63) is 0 Å². The van der Waals surface area contributed by atoms with Crippen LogP contribution in [0, 0.1) is 5.92 Å². The lowest BCUT2D eigenvalue weighted by atomic mass is 9.94. The summed E-state index contributed by atoms with van der Waals surface area (Å²) in [6.45, 7) is 2.03. The summed E-state index contributed by atoms with van der Waals surface area (Å²) in [6.07, 6.45) is -2.61. The third kappa shape index (κ3) is 1.99. The first-order valence-electron chi connectivity index (χ1n) is 4.13. The lowest BCUT2D eigenvalue weighted by molar-refractivity contribution is -0.193. The summed E-state index contributed by atoms with van der Waals surface area (Å²) in [6, 6.07) is 0. The number of carboxylic acid groups (broad SMARTS) is 1. The minimum atomic E-state index is -1.10. The molecule has 0 radical (unpaired) electrons. The number of hydrogen-bond donors (Lipinski definition) is 2. The summed E-state index contributed by atoms with van der Waals surface area (Å²) in [5, 5.41) is 18.3. The van der Waals surface area contributed by atoms with E-state index in [4.69, 9.17) is 14.6 Å². The second-order valence-corrected chi connectivity index (χ2v) is 3.26. The van der Waals surface area contributed by atoms with Crippen LogP contribution in [0.15, 0.2) is 0 Å². The molecule has 0 aliphatic carbocycles. The molecular weight excluding hydrogens is 176 g/mol. The Hall–Kier alpha value is -0.650. The molecule has 0 saturated carbocycles. The van der Waals surface area contributed by atoms with Gasteiger partial charge in [0.25, 0.3) is 0 Å². The van der Waals surface area contributed by atoms with Gasteiger partial charge in [0, 0.05) is 13.0 Å². The van der Waals surface area contributed by atoms with E-state index in [1.807, 2.05) is 0 Å². The number of hydrogen-bond acceptors (Lipinski definition) is 4. The highest BCUT2D eigenvalue weighted by atomic mass is 16.6. The summed E-state index contributed by atoms with van der Waals surface area (Å²) in [4.78, 5) is 10.7. The van der Waals surface area contributed by atoms with Gasteiger partial charge >= 0.3 is 5.97 Å². The summed E-state index contributed by atoms with van der Waals surface area (Å²) in [5.41, 5.74) is 0. The van der Waals surface area contributed by atoms with Crippen LogP contribution in [0.1, 0.15) is 6.92 Å². The molecule has 5 heteroatoms. The van der Waals surface area contributed by atoms with Crippen LogP contribution in [-0.2, 0) is 14.3 Å². The molecule has 76 valence electrons. The predicted octanol–water partition coefficient (Wildman–Crippen LogP) is -0.518. The maximum Gasteiger partial charge on any atom is 0.335 e. The maximum atomic E-state index is 10.7. The minimum absolute atomic E-state index is 0.0967. The van der Waals surface area contributed by atoms with Gasteiger partial charge in [-0.25, -0.2) is 4.79 Å². The maximum absolute atomic E-state index is 10.7. The summed E-state index contributed by atoms with van der Waals surface area (Å²) >= 11 is 0. The molecule has 1 fully saturated rings. The molecule has 1 aliphatic heterocycles. The van der Waals surface area contributed by atoms with Crippen LogP contribution in [0.3, 0.4) is 0 Å². The molecule has 1 aliphatic rings. The van der Waals surface area contributed by atoms with Crippen molar-refractivity contribution in [3.63, 3.8) is 0 Å². The Morgan fingerprint density at radius 3 is 2.69 bits per heavy atom. The van der Waals surface area contributed by atoms with E-state index in [9.17, 15) is 9.90 Å². The Balaban J connectivity index is 2.71. The van der Waals surface area contributed by atoms with Crippen molar-refractivity contribution < 1.29 is 24.5 Å². The van der Waals surface area contributed by atoms with Crippen LogP contribution in [0.4, 0.5) is 0 Å². The van der Waals surface area contributed by atoms with Crippen molar-refractivity contribution in [1.82, 2.24) is 0 Å². The van der Waals surface area contributed by atoms with Crippen molar-refractivity contribution in [2.75, 3.05) is 13.7 Å². The van der Waals surface area contributed by atoms with Crippen LogP contribution in [0.25, 0.3) is 0 Å². The molecule has 1 rings (SSSR count). The predicted molar refractivity (Wildman–Crippen MR) is 43.3 cm³/mol. The van der Waals surface area contributed by atoms with Crippen LogP contribution >= 0.6 is 0 Å². The molecule has 0 bridgehead atoms. The molecule has 0 amide bonds. The Kier molecular flexibility index (Phi) is 3.24. The lowest BCUT2D eigenvalue weighted by Gasteiger charge is -2.35. The number of carbonyl (C=O) groups is 1. The van der Waals surface area contributed by atoms with Crippen LogP contribution in [0.2, 0.25) is 0 Å². The first-order chi connectivity index (χ1) is 6.07. The fourth-order valence-corrected chi connectivity index (χ4v) is 1.43. The van der Waals surface area contributed by atoms with Crippen molar-refractivity contribution in [2.45, 2.75) is 25.2 Å². The van der Waals surface area contributed by atoms with E-state index in [2.05, 4.69) is 0 Å². The van der Waals surface area contributed by atoms with E-state index in [1.165, 1.54) is 7.11 Å². The Morgan fingerprint density at radius 2 is 2.23 bits per heavy atom. The van der Waals surface area contributed by atoms with Gasteiger partial charge in [0.05, 0.1) is 12.7 Å². The van der Waals surface area contributed by atoms with Crippen LogP contribution in [0.5, 0.6) is 0 Å². The van der Waals surface area contributed by atoms with Gasteiger partial charge in [-0.3, -0.25) is 0 Å². The first-order valence-corrected chi connectivity index (χ1v) is 4.13. The van der Waals surface area contributed by atoms with Crippen LogP contribution < -0.4 is 0 Å². The zero-order chi connectivity index (χ0) is 10.0. The van der Waals surface area contributed by atoms with Gasteiger partial charge < -0.3 is 19.7 Å². The molecule has 0 spiro atoms. The molecule has 0 aromatic rings. The minimum Gasteiger partial charge on any atom is -0.479 e. The number of methoxy groups -OCH3 is 1. The molecule has 2 N–H and O–H groups in total. The van der Waals surface area contributed by atoms with Gasteiger partial charge in [-0.15, -0.1) is 0 Å². The first kappa shape index (κ1) is 10.4. The Bertz CT molecular complexity index is 193. The quantitative estimate of drug-likeness (QED) is 0.613. The Labute approximate surface area is 76.3 Å². The van der Waals surface area contributed by atoms with E-state index >= 15 is 0 Å². The second-order valence-electron chi connectivity index (χ2n) is 3.26. The van der Waals surface area contributed by atoms with Crippen molar-refractivity contribution in [1.29, 1.82) is 0 Å². The van der Waals surface area contributed by atoms with Gasteiger partial charge in [0.1, 0.15) is 6.10 Å². The molecule has 5 nitrogen and oxygen atoms in total. The van der Waals surface area contributed by atoms with Gasteiger partial charge in [0.15, 0.2) is 6.10 Å². The van der Waals surface area contributed by atoms with E-state index in [-0.39, 0.29) is 12.5 Å². The molecule has 0 aromatic heterocycles. The van der Waals surface area contributed by atoms with Crippen LogP contribution in [-0.4, -0.2) is 48.2 Å². The molecule has 1 heterocycles. The monoisotopic (exact) mass is 190 g/mol. The number of ether oxygens (including phenoxy) is 2. The van der Waals surface area contributed by atoms with Gasteiger partial charge in [-0.1, -0.05) is 6.92 Å². The highest BCUT2D eigenvalue weighted by Crippen LogP contribution is 2.22. The molecular formula is C8H14O5. The second kappa shape index (κ2) is 4.04. The van der Waals surface area contributed by atoms with Gasteiger partial charge in [-0.05, 0) is 0 Å². The van der Waals surface area contributed by atoms with Gasteiger partial charge in [-0.2, -0.15) is 0 Å². The average molecular weight is 190 g/mol. The molecule has 1 saturated heterocycles. The van der Waals surface area contributed by atoms with E-state index in [1.54, 1.807) is 6.92 Å². The fourth-order valence-electron chi connectivity index (χ4n) is 1.43. The van der Waals surface area contributed by atoms with Crippen molar-refractivity contribution in [2.24, 2.45) is 5.92 Å². The number of aliphatic hydroxyl groups is 1. The number of carboxylic acids is 1. The van der Waals surface area contributed by atoms with E-state index in [0.29, 0.717) is 0 Å². The Morgan fingerprint density at radius 1 is 1.62 bits per heavy atom. The van der Waals surface area contributed by atoms with E-state index in [0.717, 1.165) is 0 Å². The summed E-state index contributed by atoms with van der Waals surface area (Å²) in [5.74, 6) is -1.20. The normalized spacial score (nSPS) is 40.2. The number of rotatable bonds is 2. The highest BCUT2D eigenvalue weighted by Gasteiger charge is 2.41. The lowest BCUT2D eigenvalue weighted by Crippen LogP contribution is -2.53. The number of aliphatic hydroxyl groups excluding tert-OH is 1. The summed E-state index contributed by atoms with van der Waals surface area (Å²) < 4.78 is 9.93. The van der Waals surface area contributed by atoms with E-state index < -0.39 is 24.3 Å². The largest absolute Gasteiger partial charge is 0.479 e. The molecule has 0 aromatic carbocycles. The fraction of sp³-hybridized carbons (Fsp3) is 0.875. The SMILES string of the molecule is CO[C@@H]1C(C(=O)O)OCC(C)[C@H]1O. The average Bonchev–Trinajstić information content (AvgIpc) is 2.09. The summed E-state index contributed by atoms with van der Waals surface area (Å²) in [7, 11) is 1.37. The van der Waals surface area contributed by atoms with Crippen molar-refractivity contribution in [3.8, 4) is 0 Å². The molecule has 13 heavy (non-hydrogen) atoms. The third-order valence-electron chi connectivity index (χ3n) is 2.27. The molecule has 4 atom stereocenters. The zero-order valence-corrected chi connectivity index (χ0v) is 7.64. The third-order valence-corrected chi connectivity index (χ3v) is 2.27. The topological polar surface area (TPSA) is 76.0 Å². The van der Waals surface area contributed by atoms with Crippen molar-refractivity contribution >= 4 is 5.97 Å².